The first kappa shape index (κ1) is 21.9. The van der Waals surface area contributed by atoms with Gasteiger partial charge in [-0.25, -0.2) is 14.2 Å². The minimum Gasteiger partial charge on any atom is -0.493 e. The van der Waals surface area contributed by atoms with E-state index in [1.807, 2.05) is 36.5 Å². The Morgan fingerprint density at radius 1 is 1.03 bits per heavy atom. The highest BCUT2D eigenvalue weighted by molar-refractivity contribution is 5.91. The third kappa shape index (κ3) is 4.46. The van der Waals surface area contributed by atoms with Crippen LogP contribution in [0.5, 0.6) is 11.5 Å². The average molecular weight is 460 g/mol. The topological polar surface area (TPSA) is 64.9 Å². The number of imidazole rings is 1. The summed E-state index contributed by atoms with van der Waals surface area (Å²) in [6.07, 6.45) is 8.01. The number of methoxy groups -OCH3 is 1. The molecule has 0 bridgehead atoms. The molecule has 34 heavy (non-hydrogen) atoms. The number of carbonyl (C=O) groups excluding carboxylic acids is 1. The predicted octanol–water partition coefficient (Wildman–Crippen LogP) is 6.11. The van der Waals surface area contributed by atoms with Gasteiger partial charge in [0.2, 0.25) is 0 Å². The number of esters is 1. The van der Waals surface area contributed by atoms with E-state index < -0.39 is 11.8 Å². The van der Waals surface area contributed by atoms with Gasteiger partial charge in [-0.15, -0.1) is 0 Å². The molecule has 1 fully saturated rings. The summed E-state index contributed by atoms with van der Waals surface area (Å²) in [6.45, 7) is 0. The number of hydrogen-bond acceptors (Lipinski definition) is 5. The number of nitrogens with one attached hydrogen (secondary N) is 1. The maximum Gasteiger partial charge on any atom is 0.343 e. The van der Waals surface area contributed by atoms with Crippen molar-refractivity contribution in [3.63, 3.8) is 0 Å². The number of benzene rings is 2. The van der Waals surface area contributed by atoms with Crippen LogP contribution in [-0.2, 0) is 0 Å². The molecule has 0 radical (unpaired) electrons. The summed E-state index contributed by atoms with van der Waals surface area (Å²) in [5.41, 5.74) is 2.62. The maximum atomic E-state index is 13.5. The van der Waals surface area contributed by atoms with Gasteiger partial charge in [-0.1, -0.05) is 31.4 Å². The van der Waals surface area contributed by atoms with Crippen molar-refractivity contribution in [3.05, 3.63) is 78.2 Å². The number of pyridine rings is 1. The molecule has 0 unspecified atom stereocenters. The number of hydrogen-bond donors (Lipinski definition) is 1. The molecule has 0 spiro atoms. The van der Waals surface area contributed by atoms with Gasteiger partial charge in [-0.3, -0.25) is 4.40 Å². The van der Waals surface area contributed by atoms with E-state index in [4.69, 9.17) is 14.5 Å². The lowest BCUT2D eigenvalue weighted by Gasteiger charge is -2.24. The van der Waals surface area contributed by atoms with Crippen molar-refractivity contribution >= 4 is 17.4 Å². The molecule has 5 rings (SSSR count). The quantitative estimate of drug-likeness (QED) is 0.278. The Morgan fingerprint density at radius 2 is 1.88 bits per heavy atom. The second kappa shape index (κ2) is 9.55. The van der Waals surface area contributed by atoms with Gasteiger partial charge in [0.15, 0.2) is 11.5 Å². The number of halogens is 1. The highest BCUT2D eigenvalue weighted by atomic mass is 19.1. The van der Waals surface area contributed by atoms with Crippen molar-refractivity contribution in [1.82, 2.24) is 9.38 Å². The summed E-state index contributed by atoms with van der Waals surface area (Å²) in [5, 5.41) is 3.72. The van der Waals surface area contributed by atoms with E-state index in [2.05, 4.69) is 9.72 Å². The minimum absolute atomic E-state index is 0.130. The van der Waals surface area contributed by atoms with Crippen LogP contribution in [0.1, 0.15) is 42.5 Å². The first-order valence-corrected chi connectivity index (χ1v) is 11.5. The van der Waals surface area contributed by atoms with Crippen LogP contribution in [0.4, 0.5) is 10.2 Å². The third-order valence-electron chi connectivity index (χ3n) is 6.18. The van der Waals surface area contributed by atoms with Crippen molar-refractivity contribution in [2.24, 2.45) is 0 Å². The zero-order chi connectivity index (χ0) is 23.5. The zero-order valence-corrected chi connectivity index (χ0v) is 19.0. The van der Waals surface area contributed by atoms with Crippen LogP contribution < -0.4 is 14.8 Å². The summed E-state index contributed by atoms with van der Waals surface area (Å²) in [6, 6.07) is 17.1. The van der Waals surface area contributed by atoms with Gasteiger partial charge in [0, 0.05) is 17.8 Å². The number of aromatic nitrogens is 2. The fourth-order valence-electron chi connectivity index (χ4n) is 4.45. The Balaban J connectivity index is 1.48. The van der Waals surface area contributed by atoms with E-state index in [9.17, 15) is 9.18 Å². The van der Waals surface area contributed by atoms with Crippen molar-refractivity contribution in [1.29, 1.82) is 0 Å². The maximum absolute atomic E-state index is 13.5. The van der Waals surface area contributed by atoms with Crippen molar-refractivity contribution in [2.45, 2.75) is 38.1 Å². The molecule has 2 aromatic carbocycles. The molecule has 2 aromatic heterocycles. The Bertz CT molecular complexity index is 1330. The van der Waals surface area contributed by atoms with E-state index in [1.165, 1.54) is 44.6 Å². The second-order valence-electron chi connectivity index (χ2n) is 8.48. The van der Waals surface area contributed by atoms with Crippen LogP contribution >= 0.6 is 0 Å². The molecule has 1 N–H and O–H groups in total. The van der Waals surface area contributed by atoms with Crippen molar-refractivity contribution in [3.8, 4) is 22.8 Å². The van der Waals surface area contributed by atoms with E-state index >= 15 is 0 Å². The zero-order valence-electron chi connectivity index (χ0n) is 19.0. The predicted molar refractivity (Wildman–Crippen MR) is 129 cm³/mol. The Labute approximate surface area is 197 Å². The Kier molecular flexibility index (Phi) is 6.16. The lowest BCUT2D eigenvalue weighted by Crippen LogP contribution is -2.23. The van der Waals surface area contributed by atoms with Crippen LogP contribution in [0.3, 0.4) is 0 Å². The lowest BCUT2D eigenvalue weighted by atomic mass is 9.95. The molecular weight excluding hydrogens is 433 g/mol. The molecule has 0 saturated heterocycles. The van der Waals surface area contributed by atoms with Crippen LogP contribution in [0, 0.1) is 5.82 Å². The van der Waals surface area contributed by atoms with Gasteiger partial charge in [-0.2, -0.15) is 0 Å². The van der Waals surface area contributed by atoms with Gasteiger partial charge >= 0.3 is 5.97 Å². The largest absolute Gasteiger partial charge is 0.493 e. The van der Waals surface area contributed by atoms with Gasteiger partial charge in [-0.05, 0) is 61.4 Å². The molecule has 1 aliphatic rings. The molecule has 0 atom stereocenters. The number of rotatable bonds is 6. The summed E-state index contributed by atoms with van der Waals surface area (Å²) in [5.74, 6) is 0.433. The van der Waals surface area contributed by atoms with Gasteiger partial charge in [0.25, 0.3) is 0 Å². The van der Waals surface area contributed by atoms with E-state index in [0.29, 0.717) is 11.8 Å². The second-order valence-corrected chi connectivity index (χ2v) is 8.48. The summed E-state index contributed by atoms with van der Waals surface area (Å²) in [7, 11) is 1.52. The molecular formula is C27H26FN3O3. The number of nitrogens with zero attached hydrogens (tertiary/aromatic N) is 2. The molecule has 1 aliphatic carbocycles. The standard InChI is InChI=1S/C27H26FN3O3/c1-33-23-17-18(13-14-22(23)34-27(32)19-8-7-9-20(28)16-19)25-26(29-21-10-3-2-4-11-21)31-15-6-5-12-24(31)30-25/h5-9,12-17,21,29H,2-4,10-11H2,1H3. The number of carbonyl (C=O) groups is 1. The molecule has 0 aliphatic heterocycles. The van der Waals surface area contributed by atoms with Gasteiger partial charge in [0.05, 0.1) is 12.7 Å². The Hall–Kier alpha value is -3.87. The third-order valence-corrected chi connectivity index (χ3v) is 6.18. The number of fused-ring (bicyclic) bond motifs is 1. The summed E-state index contributed by atoms with van der Waals surface area (Å²) < 4.78 is 26.6. The molecule has 6 nitrogen and oxygen atoms in total. The highest BCUT2D eigenvalue weighted by Gasteiger charge is 2.21. The van der Waals surface area contributed by atoms with Crippen LogP contribution in [0.25, 0.3) is 16.9 Å². The SMILES string of the molecule is COc1cc(-c2nc3ccccn3c2NC2CCCCC2)ccc1OC(=O)c1cccc(F)c1. The highest BCUT2D eigenvalue weighted by Crippen LogP contribution is 2.37. The fraction of sp³-hybridized carbons (Fsp3) is 0.259. The molecule has 1 saturated carbocycles. The van der Waals surface area contributed by atoms with Crippen LogP contribution in [0.15, 0.2) is 66.9 Å². The molecule has 0 amide bonds. The van der Waals surface area contributed by atoms with Crippen LogP contribution in [0.2, 0.25) is 0 Å². The number of ether oxygens (including phenoxy) is 2. The van der Waals surface area contributed by atoms with Gasteiger partial charge in [0.1, 0.15) is 23.0 Å². The monoisotopic (exact) mass is 459 g/mol. The molecule has 2 heterocycles. The summed E-state index contributed by atoms with van der Waals surface area (Å²) >= 11 is 0. The van der Waals surface area contributed by atoms with E-state index in [-0.39, 0.29) is 11.3 Å². The van der Waals surface area contributed by atoms with Crippen molar-refractivity contribution < 1.29 is 18.7 Å². The summed E-state index contributed by atoms with van der Waals surface area (Å²) in [4.78, 5) is 17.4. The molecule has 7 heteroatoms. The normalized spacial score (nSPS) is 14.2. The molecule has 4 aromatic rings. The lowest BCUT2D eigenvalue weighted by molar-refractivity contribution is 0.0729. The van der Waals surface area contributed by atoms with Crippen LogP contribution in [-0.4, -0.2) is 28.5 Å². The Morgan fingerprint density at radius 3 is 2.68 bits per heavy atom. The van der Waals surface area contributed by atoms with Crippen molar-refractivity contribution in [2.75, 3.05) is 12.4 Å². The first-order chi connectivity index (χ1) is 16.6. The van der Waals surface area contributed by atoms with E-state index in [1.54, 1.807) is 6.07 Å². The fourth-order valence-corrected chi connectivity index (χ4v) is 4.45. The van der Waals surface area contributed by atoms with Gasteiger partial charge < -0.3 is 14.8 Å². The minimum atomic E-state index is -0.655. The average Bonchev–Trinajstić information content (AvgIpc) is 3.23. The van der Waals surface area contributed by atoms with E-state index in [0.717, 1.165) is 41.6 Å². The smallest absolute Gasteiger partial charge is 0.343 e. The molecule has 174 valence electrons. The number of anilines is 1. The first-order valence-electron chi connectivity index (χ1n) is 11.5.